The van der Waals surface area contributed by atoms with Gasteiger partial charge in [-0.15, -0.1) is 6.58 Å². The molecule has 1 saturated heterocycles. The van der Waals surface area contributed by atoms with E-state index in [1.165, 1.54) is 11.1 Å². The lowest BCUT2D eigenvalue weighted by Crippen LogP contribution is -2.49. The first-order valence-electron chi connectivity index (χ1n) is 10.8. The van der Waals surface area contributed by atoms with Gasteiger partial charge in [-0.05, 0) is 41.3 Å². The van der Waals surface area contributed by atoms with Gasteiger partial charge < -0.3 is 19.1 Å². The molecule has 1 amide bonds. The summed E-state index contributed by atoms with van der Waals surface area (Å²) in [5.41, 5.74) is 3.70. The van der Waals surface area contributed by atoms with Crippen molar-refractivity contribution in [3.05, 3.63) is 65.7 Å². The van der Waals surface area contributed by atoms with Crippen LogP contribution in [0.15, 0.2) is 49.1 Å². The number of amides is 1. The summed E-state index contributed by atoms with van der Waals surface area (Å²) in [7, 11) is 1.61. The van der Waals surface area contributed by atoms with Crippen LogP contribution in [0.25, 0.3) is 0 Å². The number of hydrogen-bond donors (Lipinski definition) is 0. The number of carbonyl (C=O) groups excluding carboxylic acids is 1. The summed E-state index contributed by atoms with van der Waals surface area (Å²) >= 11 is 0. The molecule has 0 N–H and O–H groups in total. The van der Waals surface area contributed by atoms with Crippen LogP contribution >= 0.6 is 0 Å². The molecule has 6 heteroatoms. The highest BCUT2D eigenvalue weighted by Crippen LogP contribution is 2.29. The molecule has 2 aromatic carbocycles. The van der Waals surface area contributed by atoms with Gasteiger partial charge in [-0.2, -0.15) is 0 Å². The Morgan fingerprint density at radius 1 is 1.10 bits per heavy atom. The first kappa shape index (κ1) is 21.2. The zero-order valence-electron chi connectivity index (χ0n) is 18.1. The first-order chi connectivity index (χ1) is 15.2. The zero-order chi connectivity index (χ0) is 21.6. The van der Waals surface area contributed by atoms with Gasteiger partial charge in [0.25, 0.3) is 5.91 Å². The number of piperazine rings is 1. The number of fused-ring (bicyclic) bond motifs is 1. The highest BCUT2D eigenvalue weighted by atomic mass is 16.5. The van der Waals surface area contributed by atoms with Crippen molar-refractivity contribution in [1.82, 2.24) is 9.80 Å². The van der Waals surface area contributed by atoms with Gasteiger partial charge in [0.2, 0.25) is 0 Å². The number of nitrogens with zero attached hydrogens (tertiary/aromatic N) is 2. The maximum absolute atomic E-state index is 12.6. The first-order valence-corrected chi connectivity index (χ1v) is 10.8. The van der Waals surface area contributed by atoms with Crippen LogP contribution in [0.2, 0.25) is 0 Å². The molecule has 0 radical (unpaired) electrons. The minimum atomic E-state index is 0.00607. The molecule has 0 spiro atoms. The lowest BCUT2D eigenvalue weighted by atomic mass is 10.1. The summed E-state index contributed by atoms with van der Waals surface area (Å²) in [4.78, 5) is 16.9. The highest BCUT2D eigenvalue weighted by molar-refractivity contribution is 5.78. The van der Waals surface area contributed by atoms with Gasteiger partial charge in [-0.25, -0.2) is 0 Å². The van der Waals surface area contributed by atoms with Gasteiger partial charge in [-0.1, -0.05) is 24.3 Å². The molecule has 4 rings (SSSR count). The van der Waals surface area contributed by atoms with E-state index in [-0.39, 0.29) is 12.5 Å². The number of hydrogen-bond acceptors (Lipinski definition) is 5. The van der Waals surface area contributed by atoms with E-state index in [0.717, 1.165) is 50.4 Å². The van der Waals surface area contributed by atoms with Crippen molar-refractivity contribution >= 4 is 5.91 Å². The fraction of sp³-hybridized carbons (Fsp3) is 0.400. The van der Waals surface area contributed by atoms with Gasteiger partial charge in [0.05, 0.1) is 13.7 Å². The molecular formula is C25H30N2O4. The van der Waals surface area contributed by atoms with E-state index in [1.54, 1.807) is 7.11 Å². The van der Waals surface area contributed by atoms with Crippen LogP contribution in [0.3, 0.4) is 0 Å². The normalized spacial score (nSPS) is 15.8. The molecule has 0 bridgehead atoms. The molecule has 31 heavy (non-hydrogen) atoms. The molecule has 0 aromatic heterocycles. The largest absolute Gasteiger partial charge is 0.493 e. The van der Waals surface area contributed by atoms with Gasteiger partial charge in [-0.3, -0.25) is 9.69 Å². The third-order valence-electron chi connectivity index (χ3n) is 5.84. The Hall–Kier alpha value is -2.99. The minimum absolute atomic E-state index is 0.00607. The second-order valence-electron chi connectivity index (χ2n) is 7.96. The van der Waals surface area contributed by atoms with E-state index in [9.17, 15) is 4.79 Å². The molecular weight excluding hydrogens is 392 g/mol. The summed E-state index contributed by atoms with van der Waals surface area (Å²) in [5, 5.41) is 0. The van der Waals surface area contributed by atoms with Crippen molar-refractivity contribution in [2.45, 2.75) is 19.4 Å². The summed E-state index contributed by atoms with van der Waals surface area (Å²) in [6.07, 6.45) is 3.60. The van der Waals surface area contributed by atoms with Crippen LogP contribution in [-0.4, -0.2) is 62.2 Å². The Kier molecular flexibility index (Phi) is 6.77. The molecule has 0 unspecified atom stereocenters. The average molecular weight is 423 g/mol. The SMILES string of the molecule is C=CCc1ccc(OCC(=O)N2CCN(Cc3ccc4c(c3)CCO4)CC2)c(OC)c1. The third kappa shape index (κ3) is 5.20. The summed E-state index contributed by atoms with van der Waals surface area (Å²) in [6, 6.07) is 12.2. The van der Waals surface area contributed by atoms with Crippen molar-refractivity contribution in [2.24, 2.45) is 0 Å². The second-order valence-corrected chi connectivity index (χ2v) is 7.96. The topological polar surface area (TPSA) is 51.2 Å². The van der Waals surface area contributed by atoms with Crippen LogP contribution in [-0.2, 0) is 24.2 Å². The summed E-state index contributed by atoms with van der Waals surface area (Å²) < 4.78 is 16.8. The van der Waals surface area contributed by atoms with Gasteiger partial charge in [0.15, 0.2) is 18.1 Å². The number of benzene rings is 2. The zero-order valence-corrected chi connectivity index (χ0v) is 18.1. The maximum Gasteiger partial charge on any atom is 0.260 e. The number of methoxy groups -OCH3 is 1. The number of allylic oxidation sites excluding steroid dienone is 1. The number of carbonyl (C=O) groups is 1. The molecule has 2 aliphatic heterocycles. The van der Waals surface area contributed by atoms with Gasteiger partial charge >= 0.3 is 0 Å². The Labute approximate surface area is 184 Å². The van der Waals surface area contributed by atoms with Gasteiger partial charge in [0.1, 0.15) is 5.75 Å². The van der Waals surface area contributed by atoms with Crippen LogP contribution in [0.4, 0.5) is 0 Å². The summed E-state index contributed by atoms with van der Waals surface area (Å²) in [5.74, 6) is 2.25. The molecule has 6 nitrogen and oxygen atoms in total. The smallest absolute Gasteiger partial charge is 0.260 e. The second kappa shape index (κ2) is 9.88. The van der Waals surface area contributed by atoms with Crippen LogP contribution in [0.5, 0.6) is 17.2 Å². The van der Waals surface area contributed by atoms with Crippen molar-refractivity contribution in [2.75, 3.05) is 46.5 Å². The molecule has 2 aliphatic rings. The van der Waals surface area contributed by atoms with E-state index in [0.29, 0.717) is 24.6 Å². The standard InChI is InChI=1S/C25H30N2O4/c1-3-4-19-5-8-23(24(16-19)29-2)31-18-25(28)27-12-10-26(11-13-27)17-20-6-7-22-21(15-20)9-14-30-22/h3,5-8,15-16H,1,4,9-14,17-18H2,2H3. The third-order valence-corrected chi connectivity index (χ3v) is 5.84. The monoisotopic (exact) mass is 422 g/mol. The van der Waals surface area contributed by atoms with Crippen molar-refractivity contribution in [3.8, 4) is 17.2 Å². The van der Waals surface area contributed by atoms with E-state index in [4.69, 9.17) is 14.2 Å². The quantitative estimate of drug-likeness (QED) is 0.612. The van der Waals surface area contributed by atoms with Crippen LogP contribution in [0.1, 0.15) is 16.7 Å². The Morgan fingerprint density at radius 2 is 1.90 bits per heavy atom. The average Bonchev–Trinajstić information content (AvgIpc) is 3.26. The fourth-order valence-electron chi connectivity index (χ4n) is 4.11. The molecule has 2 aromatic rings. The van der Waals surface area contributed by atoms with Crippen molar-refractivity contribution in [3.63, 3.8) is 0 Å². The van der Waals surface area contributed by atoms with Crippen LogP contribution < -0.4 is 14.2 Å². The molecule has 0 atom stereocenters. The number of ether oxygens (including phenoxy) is 3. The molecule has 1 fully saturated rings. The Morgan fingerprint density at radius 3 is 2.68 bits per heavy atom. The molecule has 0 aliphatic carbocycles. The fourth-order valence-corrected chi connectivity index (χ4v) is 4.11. The molecule has 164 valence electrons. The van der Waals surface area contributed by atoms with Crippen molar-refractivity contribution in [1.29, 1.82) is 0 Å². The van der Waals surface area contributed by atoms with E-state index >= 15 is 0 Å². The van der Waals surface area contributed by atoms with E-state index < -0.39 is 0 Å². The Bertz CT molecular complexity index is 935. The predicted molar refractivity (Wildman–Crippen MR) is 120 cm³/mol. The predicted octanol–water partition coefficient (Wildman–Crippen LogP) is 3.08. The Balaban J connectivity index is 1.25. The highest BCUT2D eigenvalue weighted by Gasteiger charge is 2.22. The minimum Gasteiger partial charge on any atom is -0.493 e. The van der Waals surface area contributed by atoms with Crippen molar-refractivity contribution < 1.29 is 19.0 Å². The van der Waals surface area contributed by atoms with Gasteiger partial charge in [0, 0.05) is 39.1 Å². The molecule has 0 saturated carbocycles. The summed E-state index contributed by atoms with van der Waals surface area (Å²) in [6.45, 7) is 8.61. The van der Waals surface area contributed by atoms with Crippen LogP contribution in [0, 0.1) is 0 Å². The van der Waals surface area contributed by atoms with E-state index in [1.807, 2.05) is 29.2 Å². The molecule has 2 heterocycles. The lowest BCUT2D eigenvalue weighted by Gasteiger charge is -2.34. The lowest BCUT2D eigenvalue weighted by molar-refractivity contribution is -0.135. The number of rotatable bonds is 8. The maximum atomic E-state index is 12.6. The van der Waals surface area contributed by atoms with E-state index in [2.05, 4.69) is 29.7 Å².